The van der Waals surface area contributed by atoms with E-state index >= 15 is 0 Å². The Bertz CT molecular complexity index is 858. The molecule has 0 radical (unpaired) electrons. The summed E-state index contributed by atoms with van der Waals surface area (Å²) >= 11 is 0. The number of piperazine rings is 1. The highest BCUT2D eigenvalue weighted by Gasteiger charge is 2.19. The topological polar surface area (TPSA) is 50.3 Å². The molecule has 24 heavy (non-hydrogen) atoms. The number of hydrogen-bond donors (Lipinski definition) is 0. The predicted molar refractivity (Wildman–Crippen MR) is 93.7 cm³/mol. The van der Waals surface area contributed by atoms with E-state index in [1.54, 1.807) is 0 Å². The molecule has 0 unspecified atom stereocenters. The molecule has 0 aliphatic carbocycles. The van der Waals surface area contributed by atoms with Gasteiger partial charge in [-0.3, -0.25) is 4.90 Å². The highest BCUT2D eigenvalue weighted by Crippen LogP contribution is 2.28. The van der Waals surface area contributed by atoms with Crippen LogP contribution in [-0.2, 0) is 13.6 Å². The lowest BCUT2D eigenvalue weighted by Crippen LogP contribution is -2.44. The number of hydrogen-bond acceptors (Lipinski definition) is 5. The van der Waals surface area contributed by atoms with E-state index in [9.17, 15) is 0 Å². The second kappa shape index (κ2) is 6.03. The van der Waals surface area contributed by atoms with Crippen LogP contribution in [0.3, 0.4) is 0 Å². The van der Waals surface area contributed by atoms with Crippen LogP contribution < -0.4 is 0 Å². The largest absolute Gasteiger partial charge is 0.339 e. The summed E-state index contributed by atoms with van der Waals surface area (Å²) in [6.45, 7) is 7.15. The second-order valence-corrected chi connectivity index (χ2v) is 6.70. The molecule has 1 fully saturated rings. The van der Waals surface area contributed by atoms with E-state index in [0.717, 1.165) is 44.2 Å². The first kappa shape index (κ1) is 15.4. The molecule has 1 saturated heterocycles. The third-order valence-corrected chi connectivity index (χ3v) is 4.91. The summed E-state index contributed by atoms with van der Waals surface area (Å²) in [5.74, 6) is 1.36. The van der Waals surface area contributed by atoms with Gasteiger partial charge in [-0.1, -0.05) is 23.4 Å². The van der Waals surface area contributed by atoms with Crippen molar-refractivity contribution in [1.82, 2.24) is 24.5 Å². The molecule has 0 spiro atoms. The molecule has 0 amide bonds. The number of nitrogens with zero attached hydrogens (tertiary/aromatic N) is 5. The summed E-state index contributed by atoms with van der Waals surface area (Å²) in [6.07, 6.45) is 0. The fourth-order valence-corrected chi connectivity index (χ4v) is 3.45. The van der Waals surface area contributed by atoms with Gasteiger partial charge in [0, 0.05) is 38.6 Å². The third-order valence-electron chi connectivity index (χ3n) is 4.91. The zero-order valence-corrected chi connectivity index (χ0v) is 14.5. The molecule has 0 atom stereocenters. The number of rotatable bonds is 3. The van der Waals surface area contributed by atoms with Crippen LogP contribution in [0.4, 0.5) is 0 Å². The standard InChI is InChI=1S/C18H23N5O/c1-13-5-4-6-14-11-15(22(3)17(13)14)18-19-16(20-24-18)12-23-9-7-21(2)8-10-23/h4-6,11H,7-10,12H2,1-3H3. The van der Waals surface area contributed by atoms with Gasteiger partial charge in [-0.15, -0.1) is 0 Å². The van der Waals surface area contributed by atoms with Gasteiger partial charge < -0.3 is 14.0 Å². The fourth-order valence-electron chi connectivity index (χ4n) is 3.45. The number of aromatic nitrogens is 3. The minimum absolute atomic E-state index is 0.595. The lowest BCUT2D eigenvalue weighted by atomic mass is 10.2. The summed E-state index contributed by atoms with van der Waals surface area (Å²) in [4.78, 5) is 9.34. The number of aryl methyl sites for hydroxylation is 2. The van der Waals surface area contributed by atoms with Crippen LogP contribution in [0.1, 0.15) is 11.4 Å². The van der Waals surface area contributed by atoms with Gasteiger partial charge in [0.2, 0.25) is 0 Å². The van der Waals surface area contributed by atoms with Gasteiger partial charge in [0.1, 0.15) is 5.69 Å². The van der Waals surface area contributed by atoms with Crippen molar-refractivity contribution >= 4 is 10.9 Å². The van der Waals surface area contributed by atoms with Crippen LogP contribution in [0.25, 0.3) is 22.5 Å². The lowest BCUT2D eigenvalue weighted by molar-refractivity contribution is 0.144. The number of fused-ring (bicyclic) bond motifs is 1. The molecule has 126 valence electrons. The van der Waals surface area contributed by atoms with Crippen molar-refractivity contribution in [2.75, 3.05) is 33.2 Å². The molecule has 6 heteroatoms. The van der Waals surface area contributed by atoms with Crippen LogP contribution in [0.15, 0.2) is 28.8 Å². The summed E-state index contributed by atoms with van der Waals surface area (Å²) in [5.41, 5.74) is 3.43. The maximum Gasteiger partial charge on any atom is 0.274 e. The summed E-state index contributed by atoms with van der Waals surface area (Å²) in [6, 6.07) is 8.44. The Labute approximate surface area is 141 Å². The Morgan fingerprint density at radius 1 is 1.12 bits per heavy atom. The zero-order chi connectivity index (χ0) is 16.7. The van der Waals surface area contributed by atoms with Gasteiger partial charge in [-0.2, -0.15) is 4.98 Å². The van der Waals surface area contributed by atoms with Crippen LogP contribution in [-0.4, -0.2) is 57.7 Å². The highest BCUT2D eigenvalue weighted by molar-refractivity contribution is 5.88. The first-order valence-corrected chi connectivity index (χ1v) is 8.41. The first-order valence-electron chi connectivity index (χ1n) is 8.41. The molecule has 2 aromatic heterocycles. The SMILES string of the molecule is Cc1cccc2cc(-c3nc(CN4CCN(C)CC4)no3)n(C)c12. The molecule has 0 saturated carbocycles. The maximum absolute atomic E-state index is 5.54. The van der Waals surface area contributed by atoms with Gasteiger partial charge in [-0.05, 0) is 25.6 Å². The van der Waals surface area contributed by atoms with E-state index in [-0.39, 0.29) is 0 Å². The van der Waals surface area contributed by atoms with Crippen LogP contribution in [0, 0.1) is 6.92 Å². The third kappa shape index (κ3) is 2.72. The molecular formula is C18H23N5O. The van der Waals surface area contributed by atoms with Crippen LogP contribution in [0.5, 0.6) is 0 Å². The van der Waals surface area contributed by atoms with Crippen LogP contribution in [0.2, 0.25) is 0 Å². The Hall–Kier alpha value is -2.18. The monoisotopic (exact) mass is 325 g/mol. The second-order valence-electron chi connectivity index (χ2n) is 6.70. The zero-order valence-electron chi connectivity index (χ0n) is 14.5. The van der Waals surface area contributed by atoms with Crippen LogP contribution >= 0.6 is 0 Å². The van der Waals surface area contributed by atoms with Gasteiger partial charge >= 0.3 is 0 Å². The van der Waals surface area contributed by atoms with E-state index < -0.39 is 0 Å². The van der Waals surface area contributed by atoms with E-state index in [0.29, 0.717) is 5.89 Å². The molecule has 0 N–H and O–H groups in total. The van der Waals surface area contributed by atoms with Crippen molar-refractivity contribution < 1.29 is 4.52 Å². The number of para-hydroxylation sites is 1. The highest BCUT2D eigenvalue weighted by atomic mass is 16.5. The summed E-state index contributed by atoms with van der Waals surface area (Å²) < 4.78 is 7.68. The molecule has 1 aromatic carbocycles. The number of benzene rings is 1. The normalized spacial score (nSPS) is 17.0. The van der Waals surface area contributed by atoms with Gasteiger partial charge in [0.15, 0.2) is 5.82 Å². The summed E-state index contributed by atoms with van der Waals surface area (Å²) in [5, 5.41) is 5.38. The Morgan fingerprint density at radius 2 is 1.92 bits per heavy atom. The fraction of sp³-hybridized carbons (Fsp3) is 0.444. The van der Waals surface area contributed by atoms with E-state index in [1.165, 1.54) is 16.5 Å². The van der Waals surface area contributed by atoms with Crippen molar-refractivity contribution in [1.29, 1.82) is 0 Å². The first-order chi connectivity index (χ1) is 11.6. The molecule has 0 bridgehead atoms. The van der Waals surface area contributed by atoms with Gasteiger partial charge in [0.05, 0.1) is 12.1 Å². The minimum Gasteiger partial charge on any atom is -0.339 e. The minimum atomic E-state index is 0.595. The molecule has 3 aromatic rings. The van der Waals surface area contributed by atoms with Gasteiger partial charge in [0.25, 0.3) is 5.89 Å². The van der Waals surface area contributed by atoms with Crippen molar-refractivity contribution in [2.45, 2.75) is 13.5 Å². The number of likely N-dealkylation sites (N-methyl/N-ethyl adjacent to an activating group) is 1. The Morgan fingerprint density at radius 3 is 2.67 bits per heavy atom. The molecular weight excluding hydrogens is 302 g/mol. The molecule has 3 heterocycles. The van der Waals surface area contributed by atoms with Crippen molar-refractivity contribution in [3.8, 4) is 11.6 Å². The lowest BCUT2D eigenvalue weighted by Gasteiger charge is -2.31. The van der Waals surface area contributed by atoms with Crippen molar-refractivity contribution in [3.05, 3.63) is 35.7 Å². The molecule has 4 rings (SSSR count). The average Bonchev–Trinajstić information content (AvgIpc) is 3.15. The van der Waals surface area contributed by atoms with E-state index in [1.807, 2.05) is 0 Å². The predicted octanol–water partition coefficient (Wildman–Crippen LogP) is 2.28. The van der Waals surface area contributed by atoms with E-state index in [2.05, 4.69) is 69.8 Å². The van der Waals surface area contributed by atoms with Crippen molar-refractivity contribution in [2.24, 2.45) is 7.05 Å². The maximum atomic E-state index is 5.54. The molecule has 1 aliphatic rings. The molecule has 6 nitrogen and oxygen atoms in total. The van der Waals surface area contributed by atoms with E-state index in [4.69, 9.17) is 4.52 Å². The smallest absolute Gasteiger partial charge is 0.274 e. The summed E-state index contributed by atoms with van der Waals surface area (Å²) in [7, 11) is 4.21. The van der Waals surface area contributed by atoms with Gasteiger partial charge in [-0.25, -0.2) is 0 Å². The Balaban J connectivity index is 1.59. The average molecular weight is 325 g/mol. The quantitative estimate of drug-likeness (QED) is 0.739. The Kier molecular flexibility index (Phi) is 3.86. The molecule has 1 aliphatic heterocycles. The van der Waals surface area contributed by atoms with Crippen molar-refractivity contribution in [3.63, 3.8) is 0 Å².